The smallest absolute Gasteiger partial charge is 0.145 e. The molecule has 0 saturated heterocycles. The first kappa shape index (κ1) is 21.9. The fourth-order valence-corrected chi connectivity index (χ4v) is 4.38. The van der Waals surface area contributed by atoms with Crippen LogP contribution in [0.2, 0.25) is 0 Å². The number of H-pyrrole nitrogens is 1. The van der Waals surface area contributed by atoms with Gasteiger partial charge >= 0.3 is 0 Å². The molecule has 2 N–H and O–H groups in total. The van der Waals surface area contributed by atoms with Crippen LogP contribution in [0.3, 0.4) is 0 Å². The fraction of sp³-hybridized carbons (Fsp3) is 0.333. The second-order valence-electron chi connectivity index (χ2n) is 8.58. The maximum absolute atomic E-state index is 13.3. The Morgan fingerprint density at radius 3 is 2.62 bits per heavy atom. The van der Waals surface area contributed by atoms with Crippen LogP contribution < -0.4 is 10.1 Å². The number of nitrogens with one attached hydrogen (secondary N) is 2. The summed E-state index contributed by atoms with van der Waals surface area (Å²) in [6, 6.07) is 5.73. The topological polar surface area (TPSA) is 107 Å². The molecule has 0 amide bonds. The lowest BCUT2D eigenvalue weighted by molar-refractivity contribution is 0.393. The van der Waals surface area contributed by atoms with Crippen LogP contribution in [0.25, 0.3) is 33.1 Å². The lowest BCUT2D eigenvalue weighted by Crippen LogP contribution is -2.08. The largest absolute Gasteiger partial charge is 0.496 e. The molecule has 0 unspecified atom stereocenters. The molecule has 9 nitrogen and oxygen atoms in total. The standard InChI is InChI=1S/C24H26FN7O2/c1-11(2)32-20(7-15(10-25)30-32)29-24-22-16-9-19(33-6)17(21-12(3)31-34-13(21)4)8-18(16)28-23(22)26-14(5)27-24/h7-9,11H,10H2,1-6H3,(H2,26,27,28,29). The van der Waals surface area contributed by atoms with Gasteiger partial charge in [0.25, 0.3) is 0 Å². The summed E-state index contributed by atoms with van der Waals surface area (Å²) in [5, 5.41) is 13.5. The molecule has 5 rings (SSSR count). The molecule has 0 fully saturated rings. The van der Waals surface area contributed by atoms with Crippen molar-refractivity contribution in [2.45, 2.75) is 47.3 Å². The highest BCUT2D eigenvalue weighted by Gasteiger charge is 2.21. The molecule has 5 aromatic rings. The minimum Gasteiger partial charge on any atom is -0.496 e. The molecule has 0 aliphatic rings. The number of nitrogens with zero attached hydrogens (tertiary/aromatic N) is 5. The molecular formula is C24H26FN7O2. The van der Waals surface area contributed by atoms with Gasteiger partial charge in [0.15, 0.2) is 0 Å². The van der Waals surface area contributed by atoms with Crippen molar-refractivity contribution in [3.63, 3.8) is 0 Å². The summed E-state index contributed by atoms with van der Waals surface area (Å²) < 4.78 is 26.2. The van der Waals surface area contributed by atoms with Crippen LogP contribution in [-0.4, -0.2) is 37.0 Å². The van der Waals surface area contributed by atoms with Crippen LogP contribution in [0, 0.1) is 20.8 Å². The summed E-state index contributed by atoms with van der Waals surface area (Å²) in [7, 11) is 1.64. The Kier molecular flexibility index (Phi) is 5.22. The van der Waals surface area contributed by atoms with Crippen molar-refractivity contribution in [1.29, 1.82) is 0 Å². The number of aromatic amines is 1. The Hall–Kier alpha value is -3.95. The van der Waals surface area contributed by atoms with Gasteiger partial charge in [0.1, 0.15) is 41.3 Å². The summed E-state index contributed by atoms with van der Waals surface area (Å²) >= 11 is 0. The highest BCUT2D eigenvalue weighted by molar-refractivity contribution is 6.13. The molecule has 0 aliphatic heterocycles. The Labute approximate surface area is 195 Å². The molecule has 34 heavy (non-hydrogen) atoms. The summed E-state index contributed by atoms with van der Waals surface area (Å²) in [5.41, 5.74) is 4.48. The van der Waals surface area contributed by atoms with Gasteiger partial charge in [-0.15, -0.1) is 0 Å². The van der Waals surface area contributed by atoms with Crippen LogP contribution in [0.5, 0.6) is 5.75 Å². The molecule has 10 heteroatoms. The Morgan fingerprint density at radius 2 is 1.97 bits per heavy atom. The van der Waals surface area contributed by atoms with Crippen molar-refractivity contribution >= 4 is 33.6 Å². The van der Waals surface area contributed by atoms with Crippen molar-refractivity contribution in [1.82, 2.24) is 29.9 Å². The molecule has 4 heterocycles. The minimum absolute atomic E-state index is 0.0434. The van der Waals surface area contributed by atoms with Gasteiger partial charge < -0.3 is 19.6 Å². The third kappa shape index (κ3) is 3.46. The van der Waals surface area contributed by atoms with E-state index in [1.165, 1.54) is 0 Å². The maximum Gasteiger partial charge on any atom is 0.145 e. The lowest BCUT2D eigenvalue weighted by atomic mass is 10.0. The number of fused-ring (bicyclic) bond motifs is 3. The zero-order chi connectivity index (χ0) is 24.1. The molecule has 0 atom stereocenters. The van der Waals surface area contributed by atoms with Gasteiger partial charge in [0, 0.05) is 28.6 Å². The van der Waals surface area contributed by atoms with Gasteiger partial charge in [-0.2, -0.15) is 5.10 Å². The van der Waals surface area contributed by atoms with E-state index in [-0.39, 0.29) is 6.04 Å². The van der Waals surface area contributed by atoms with Crippen molar-refractivity contribution in [2.24, 2.45) is 0 Å². The van der Waals surface area contributed by atoms with Gasteiger partial charge in [-0.25, -0.2) is 19.0 Å². The average Bonchev–Trinajstić information content (AvgIpc) is 3.47. The third-order valence-electron chi connectivity index (χ3n) is 5.84. The Bertz CT molecular complexity index is 1510. The highest BCUT2D eigenvalue weighted by atomic mass is 19.1. The van der Waals surface area contributed by atoms with Crippen LogP contribution in [0.1, 0.15) is 42.9 Å². The summed E-state index contributed by atoms with van der Waals surface area (Å²) in [6.45, 7) is 8.97. The van der Waals surface area contributed by atoms with E-state index < -0.39 is 6.67 Å². The number of hydrogen-bond acceptors (Lipinski definition) is 7. The van der Waals surface area contributed by atoms with E-state index in [0.29, 0.717) is 34.6 Å². The van der Waals surface area contributed by atoms with E-state index >= 15 is 0 Å². The average molecular weight is 464 g/mol. The minimum atomic E-state index is -0.638. The SMILES string of the molecule is COc1cc2c(cc1-c1c(C)noc1C)[nH]c1nc(C)nc(Nc3cc(CF)nn3C(C)C)c12. The molecule has 0 spiro atoms. The molecule has 0 aliphatic carbocycles. The first-order chi connectivity index (χ1) is 16.3. The van der Waals surface area contributed by atoms with Crippen molar-refractivity contribution < 1.29 is 13.7 Å². The second kappa shape index (κ2) is 8.12. The van der Waals surface area contributed by atoms with Crippen LogP contribution >= 0.6 is 0 Å². The lowest BCUT2D eigenvalue weighted by Gasteiger charge is -2.13. The van der Waals surface area contributed by atoms with Gasteiger partial charge in [-0.1, -0.05) is 5.16 Å². The molecule has 0 radical (unpaired) electrons. The summed E-state index contributed by atoms with van der Waals surface area (Å²) in [6.07, 6.45) is 0. The summed E-state index contributed by atoms with van der Waals surface area (Å²) in [5.74, 6) is 3.26. The number of methoxy groups -OCH3 is 1. The highest BCUT2D eigenvalue weighted by Crippen LogP contribution is 2.41. The number of aryl methyl sites for hydroxylation is 3. The molecule has 0 bridgehead atoms. The van der Waals surface area contributed by atoms with E-state index in [0.717, 1.165) is 38.9 Å². The molecular weight excluding hydrogens is 437 g/mol. The number of benzene rings is 1. The van der Waals surface area contributed by atoms with Crippen molar-refractivity contribution in [2.75, 3.05) is 12.4 Å². The quantitative estimate of drug-likeness (QED) is 0.333. The molecule has 4 aromatic heterocycles. The monoisotopic (exact) mass is 463 g/mol. The van der Waals surface area contributed by atoms with Crippen molar-refractivity contribution in [3.05, 3.63) is 41.2 Å². The normalized spacial score (nSPS) is 11.8. The third-order valence-corrected chi connectivity index (χ3v) is 5.84. The van der Waals surface area contributed by atoms with Gasteiger partial charge in [-0.3, -0.25) is 0 Å². The maximum atomic E-state index is 13.3. The van der Waals surface area contributed by atoms with Gasteiger partial charge in [0.05, 0.1) is 29.4 Å². The number of aromatic nitrogens is 6. The molecule has 1 aromatic carbocycles. The second-order valence-corrected chi connectivity index (χ2v) is 8.58. The predicted octanol–water partition coefficient (Wildman–Crippen LogP) is 5.69. The fourth-order valence-electron chi connectivity index (χ4n) is 4.38. The van der Waals surface area contributed by atoms with E-state index in [4.69, 9.17) is 9.26 Å². The Balaban J connectivity index is 1.73. The number of halogens is 1. The zero-order valence-corrected chi connectivity index (χ0v) is 19.9. The molecule has 176 valence electrons. The van der Waals surface area contributed by atoms with E-state index in [1.807, 2.05) is 46.8 Å². The zero-order valence-electron chi connectivity index (χ0n) is 19.9. The van der Waals surface area contributed by atoms with Crippen LogP contribution in [-0.2, 0) is 6.67 Å². The number of hydrogen-bond donors (Lipinski definition) is 2. The van der Waals surface area contributed by atoms with E-state index in [9.17, 15) is 4.39 Å². The van der Waals surface area contributed by atoms with Crippen LogP contribution in [0.15, 0.2) is 22.7 Å². The number of alkyl halides is 1. The predicted molar refractivity (Wildman–Crippen MR) is 128 cm³/mol. The number of rotatable bonds is 6. The van der Waals surface area contributed by atoms with Gasteiger partial charge in [0.2, 0.25) is 0 Å². The first-order valence-corrected chi connectivity index (χ1v) is 11.0. The van der Waals surface area contributed by atoms with E-state index in [2.05, 4.69) is 30.5 Å². The number of ether oxygens (including phenoxy) is 1. The Morgan fingerprint density at radius 1 is 1.18 bits per heavy atom. The van der Waals surface area contributed by atoms with Gasteiger partial charge in [-0.05, 0) is 46.8 Å². The van der Waals surface area contributed by atoms with Crippen molar-refractivity contribution in [3.8, 4) is 16.9 Å². The van der Waals surface area contributed by atoms with Crippen LogP contribution in [0.4, 0.5) is 16.0 Å². The van der Waals surface area contributed by atoms with E-state index in [1.54, 1.807) is 17.9 Å². The number of anilines is 2. The first-order valence-electron chi connectivity index (χ1n) is 11.0. The summed E-state index contributed by atoms with van der Waals surface area (Å²) in [4.78, 5) is 12.7. The molecule has 0 saturated carbocycles.